The van der Waals surface area contributed by atoms with E-state index in [0.717, 1.165) is 6.16 Å². The molecule has 0 aliphatic carbocycles. The van der Waals surface area contributed by atoms with Gasteiger partial charge in [-0.3, -0.25) is 0 Å². The van der Waals surface area contributed by atoms with Crippen molar-refractivity contribution in [1.82, 2.24) is 4.72 Å². The molecule has 0 saturated carbocycles. The fourth-order valence-electron chi connectivity index (χ4n) is 5.95. The van der Waals surface area contributed by atoms with Crippen LogP contribution < -0.4 is 4.72 Å². The lowest BCUT2D eigenvalue weighted by Gasteiger charge is -2.35. The molecule has 0 radical (unpaired) electrons. The fourth-order valence-corrected chi connectivity index (χ4v) is 10.7. The molecule has 2 heterocycles. The second-order valence-electron chi connectivity index (χ2n) is 13.2. The van der Waals surface area contributed by atoms with Crippen LogP contribution in [0.3, 0.4) is 0 Å². The standard InChI is InChI=1S/C35H42NOPS/c1-24-31(27-17-13-10-14-18-27)38-23-35(24,8)29(25-15-11-9-12-16-25)32(38)30(36-39(37)34(5,6)7)26-19-21-28(22-20-26)33(2,3)4/h9-22,30,36H,23H2,1-8H3. The van der Waals surface area contributed by atoms with Gasteiger partial charge in [-0.05, 0) is 85.6 Å². The molecule has 0 saturated heterocycles. The molecule has 0 spiro atoms. The Hall–Kier alpha value is -2.32. The van der Waals surface area contributed by atoms with Crippen molar-refractivity contribution in [2.24, 2.45) is 5.41 Å². The molecule has 0 aromatic heterocycles. The highest BCUT2D eigenvalue weighted by atomic mass is 32.2. The largest absolute Gasteiger partial charge is 0.242 e. The Morgan fingerprint density at radius 3 is 1.87 bits per heavy atom. The maximum Gasteiger partial charge on any atom is 0.0979 e. The smallest absolute Gasteiger partial charge is 0.0979 e. The zero-order valence-corrected chi connectivity index (χ0v) is 26.3. The normalized spacial score (nSPS) is 22.9. The highest BCUT2D eigenvalue weighted by Crippen LogP contribution is 2.79. The first-order valence-corrected chi connectivity index (χ1v) is 16.6. The number of rotatable bonds is 6. The number of benzene rings is 3. The molecule has 204 valence electrons. The molecule has 0 amide bonds. The molecule has 0 fully saturated rings. The highest BCUT2D eigenvalue weighted by Gasteiger charge is 2.54. The number of allylic oxidation sites excluding steroid dienone is 2. The highest BCUT2D eigenvalue weighted by molar-refractivity contribution is 7.84. The lowest BCUT2D eigenvalue weighted by atomic mass is 9.73. The van der Waals surface area contributed by atoms with Crippen molar-refractivity contribution in [2.75, 3.05) is 6.16 Å². The summed E-state index contributed by atoms with van der Waals surface area (Å²) in [6, 6.07) is 30.7. The average molecular weight is 556 g/mol. The molecule has 4 atom stereocenters. The molecule has 4 unspecified atom stereocenters. The van der Waals surface area contributed by atoms with Gasteiger partial charge in [0.25, 0.3) is 0 Å². The number of fused-ring (bicyclic) bond motifs is 2. The van der Waals surface area contributed by atoms with Crippen LogP contribution in [0.25, 0.3) is 10.9 Å². The molecule has 1 N–H and O–H groups in total. The van der Waals surface area contributed by atoms with Gasteiger partial charge in [0.1, 0.15) is 0 Å². The zero-order valence-electron chi connectivity index (χ0n) is 24.6. The van der Waals surface area contributed by atoms with Crippen molar-refractivity contribution in [3.63, 3.8) is 0 Å². The summed E-state index contributed by atoms with van der Waals surface area (Å²) in [4.78, 5) is 0. The third-order valence-corrected chi connectivity index (χ3v) is 13.0. The lowest BCUT2D eigenvalue weighted by molar-refractivity contribution is 0.589. The van der Waals surface area contributed by atoms with E-state index in [2.05, 4.69) is 145 Å². The van der Waals surface area contributed by atoms with Crippen molar-refractivity contribution >= 4 is 29.8 Å². The minimum absolute atomic E-state index is 0.0535. The molecule has 2 aliphatic rings. The van der Waals surface area contributed by atoms with E-state index in [0.29, 0.717) is 0 Å². The molecule has 4 heteroatoms. The van der Waals surface area contributed by atoms with Gasteiger partial charge in [0.15, 0.2) is 0 Å². The Bertz CT molecular complexity index is 1440. The van der Waals surface area contributed by atoms with Gasteiger partial charge < -0.3 is 0 Å². The van der Waals surface area contributed by atoms with Crippen LogP contribution in [0.1, 0.15) is 83.7 Å². The Kier molecular flexibility index (Phi) is 7.42. The van der Waals surface area contributed by atoms with E-state index in [9.17, 15) is 4.21 Å². The van der Waals surface area contributed by atoms with Crippen LogP contribution in [0.15, 0.2) is 95.8 Å². The van der Waals surface area contributed by atoms with Crippen molar-refractivity contribution in [2.45, 2.75) is 71.6 Å². The third kappa shape index (κ3) is 5.15. The topological polar surface area (TPSA) is 29.1 Å². The van der Waals surface area contributed by atoms with E-state index >= 15 is 0 Å². The van der Waals surface area contributed by atoms with Crippen LogP contribution in [-0.4, -0.2) is 15.1 Å². The van der Waals surface area contributed by atoms with Gasteiger partial charge in [-0.25, -0.2) is 8.93 Å². The summed E-state index contributed by atoms with van der Waals surface area (Å²) in [5.74, 6) is 0. The van der Waals surface area contributed by atoms with E-state index in [1.807, 2.05) is 0 Å². The monoisotopic (exact) mass is 555 g/mol. The average Bonchev–Trinajstić information content (AvgIpc) is 3.34. The van der Waals surface area contributed by atoms with E-state index < -0.39 is 18.9 Å². The van der Waals surface area contributed by atoms with Gasteiger partial charge >= 0.3 is 0 Å². The first kappa shape index (κ1) is 28.2. The molecular formula is C35H42NOPS. The maximum atomic E-state index is 13.7. The quantitative estimate of drug-likeness (QED) is 0.302. The number of nitrogens with one attached hydrogen (secondary N) is 1. The van der Waals surface area contributed by atoms with Crippen LogP contribution in [0.5, 0.6) is 0 Å². The van der Waals surface area contributed by atoms with Crippen LogP contribution in [0, 0.1) is 5.41 Å². The summed E-state index contributed by atoms with van der Waals surface area (Å²) in [5.41, 5.74) is 8.05. The van der Waals surface area contributed by atoms with Crippen LogP contribution >= 0.6 is 7.92 Å². The summed E-state index contributed by atoms with van der Waals surface area (Å²) in [7, 11) is -1.85. The summed E-state index contributed by atoms with van der Waals surface area (Å²) in [6.07, 6.45) is 1.11. The summed E-state index contributed by atoms with van der Waals surface area (Å²) in [5, 5.41) is 2.94. The van der Waals surface area contributed by atoms with Gasteiger partial charge in [-0.15, -0.1) is 0 Å². The summed E-state index contributed by atoms with van der Waals surface area (Å²) < 4.78 is 17.0. The summed E-state index contributed by atoms with van der Waals surface area (Å²) >= 11 is 0. The molecule has 39 heavy (non-hydrogen) atoms. The Morgan fingerprint density at radius 1 is 0.821 bits per heavy atom. The van der Waals surface area contributed by atoms with Gasteiger partial charge in [0, 0.05) is 5.41 Å². The van der Waals surface area contributed by atoms with Crippen LogP contribution in [0.2, 0.25) is 0 Å². The van der Waals surface area contributed by atoms with Crippen molar-refractivity contribution in [1.29, 1.82) is 0 Å². The zero-order chi connectivity index (χ0) is 28.2. The van der Waals surface area contributed by atoms with Crippen LogP contribution in [0.4, 0.5) is 0 Å². The predicted octanol–water partition coefficient (Wildman–Crippen LogP) is 9.43. The second-order valence-corrected chi connectivity index (χ2v) is 17.3. The van der Waals surface area contributed by atoms with E-state index in [4.69, 9.17) is 0 Å². The van der Waals surface area contributed by atoms with Crippen molar-refractivity contribution in [3.05, 3.63) is 118 Å². The minimum Gasteiger partial charge on any atom is -0.242 e. The minimum atomic E-state index is -1.23. The molecule has 3 aromatic rings. The Morgan fingerprint density at radius 2 is 1.36 bits per heavy atom. The van der Waals surface area contributed by atoms with E-state index in [-0.39, 0.29) is 21.6 Å². The first-order chi connectivity index (χ1) is 18.3. The molecule has 3 aromatic carbocycles. The SMILES string of the molecule is CC1=C(c2ccccc2)P2CC1(C)C(c1ccccc1)=C2C(NS(=O)C(C)(C)C)c1ccc(C(C)(C)C)cc1. The van der Waals surface area contributed by atoms with Crippen molar-refractivity contribution < 1.29 is 4.21 Å². The first-order valence-electron chi connectivity index (χ1n) is 14.0. The lowest BCUT2D eigenvalue weighted by Crippen LogP contribution is -2.36. The number of hydrogen-bond donors (Lipinski definition) is 1. The van der Waals surface area contributed by atoms with Crippen LogP contribution in [-0.2, 0) is 16.4 Å². The fraction of sp³-hybridized carbons (Fsp3) is 0.371. The Balaban J connectivity index is 1.74. The molecular weight excluding hydrogens is 513 g/mol. The molecule has 2 nitrogen and oxygen atoms in total. The molecule has 5 rings (SSSR count). The van der Waals surface area contributed by atoms with E-state index in [1.165, 1.54) is 44.0 Å². The van der Waals surface area contributed by atoms with Crippen molar-refractivity contribution in [3.8, 4) is 0 Å². The number of hydrogen-bond acceptors (Lipinski definition) is 1. The Labute approximate surface area is 239 Å². The van der Waals surface area contributed by atoms with Gasteiger partial charge in [-0.1, -0.05) is 118 Å². The maximum absolute atomic E-state index is 13.7. The second kappa shape index (κ2) is 10.3. The van der Waals surface area contributed by atoms with Gasteiger partial charge in [-0.2, -0.15) is 0 Å². The molecule has 2 bridgehead atoms. The predicted molar refractivity (Wildman–Crippen MR) is 171 cm³/mol. The third-order valence-electron chi connectivity index (χ3n) is 8.30. The molecule has 2 aliphatic heterocycles. The van der Waals surface area contributed by atoms with Gasteiger partial charge in [0.2, 0.25) is 0 Å². The summed E-state index contributed by atoms with van der Waals surface area (Å²) in [6.45, 7) is 17.7. The van der Waals surface area contributed by atoms with E-state index in [1.54, 1.807) is 0 Å². The van der Waals surface area contributed by atoms with Gasteiger partial charge in [0.05, 0.1) is 21.8 Å².